The number of carbonyl (C=O) groups excluding carboxylic acids is 2. The lowest BCUT2D eigenvalue weighted by atomic mass is 9.92. The van der Waals surface area contributed by atoms with Crippen LogP contribution in [0.25, 0.3) is 0 Å². The highest BCUT2D eigenvalue weighted by atomic mass is 35.5. The number of nitrogens with one attached hydrogen (secondary N) is 1. The topological polar surface area (TPSA) is 55.4 Å². The Bertz CT molecular complexity index is 407. The van der Waals surface area contributed by atoms with Crippen LogP contribution in [0.15, 0.2) is 30.3 Å². The molecule has 1 N–H and O–H groups in total. The summed E-state index contributed by atoms with van der Waals surface area (Å²) in [5.74, 6) is -1.18. The monoisotopic (exact) mass is 255 g/mol. The van der Waals surface area contributed by atoms with E-state index in [4.69, 9.17) is 16.3 Å². The number of alkyl halides is 1. The average Bonchev–Trinajstić information content (AvgIpc) is 2.38. The third-order valence-electron chi connectivity index (χ3n) is 2.46. The van der Waals surface area contributed by atoms with Crippen LogP contribution in [0.3, 0.4) is 0 Å². The molecular formula is C12H14ClNO3. The van der Waals surface area contributed by atoms with E-state index in [0.29, 0.717) is 5.56 Å². The number of ether oxygens (including phenoxy) is 1. The van der Waals surface area contributed by atoms with Gasteiger partial charge in [0.15, 0.2) is 5.54 Å². The quantitative estimate of drug-likeness (QED) is 0.654. The van der Waals surface area contributed by atoms with Crippen molar-refractivity contribution in [3.05, 3.63) is 35.9 Å². The van der Waals surface area contributed by atoms with Crippen molar-refractivity contribution in [3.8, 4) is 0 Å². The van der Waals surface area contributed by atoms with Gasteiger partial charge in [0.05, 0.1) is 7.11 Å². The number of amides is 1. The van der Waals surface area contributed by atoms with Crippen molar-refractivity contribution in [2.75, 3.05) is 13.0 Å². The number of hydrogen-bond acceptors (Lipinski definition) is 3. The molecule has 1 rings (SSSR count). The highest BCUT2D eigenvalue weighted by Crippen LogP contribution is 2.22. The molecule has 0 radical (unpaired) electrons. The van der Waals surface area contributed by atoms with E-state index in [0.717, 1.165) is 0 Å². The first-order chi connectivity index (χ1) is 8.04. The van der Waals surface area contributed by atoms with E-state index < -0.39 is 17.4 Å². The van der Waals surface area contributed by atoms with Crippen molar-refractivity contribution in [3.63, 3.8) is 0 Å². The predicted octanol–water partition coefficient (Wildman–Crippen LogP) is 1.43. The average molecular weight is 256 g/mol. The van der Waals surface area contributed by atoms with Gasteiger partial charge in [-0.1, -0.05) is 30.3 Å². The minimum absolute atomic E-state index is 0.209. The summed E-state index contributed by atoms with van der Waals surface area (Å²) < 4.78 is 4.72. The molecule has 0 aliphatic carbocycles. The maximum atomic E-state index is 11.8. The van der Waals surface area contributed by atoms with Gasteiger partial charge in [0.1, 0.15) is 5.88 Å². The second-order valence-electron chi connectivity index (χ2n) is 3.66. The van der Waals surface area contributed by atoms with Crippen molar-refractivity contribution in [2.24, 2.45) is 0 Å². The van der Waals surface area contributed by atoms with Gasteiger partial charge >= 0.3 is 5.97 Å². The van der Waals surface area contributed by atoms with Gasteiger partial charge in [-0.25, -0.2) is 4.79 Å². The zero-order valence-electron chi connectivity index (χ0n) is 9.70. The maximum Gasteiger partial charge on any atom is 0.336 e. The lowest BCUT2D eigenvalue weighted by molar-refractivity contribution is -0.150. The second-order valence-corrected chi connectivity index (χ2v) is 3.93. The molecule has 1 aromatic carbocycles. The molecule has 5 heteroatoms. The molecule has 0 saturated carbocycles. The van der Waals surface area contributed by atoms with Gasteiger partial charge in [0, 0.05) is 0 Å². The van der Waals surface area contributed by atoms with Crippen LogP contribution in [0.2, 0.25) is 0 Å². The molecule has 0 fully saturated rings. The van der Waals surface area contributed by atoms with Crippen molar-refractivity contribution >= 4 is 23.5 Å². The maximum absolute atomic E-state index is 11.8. The number of hydrogen-bond donors (Lipinski definition) is 1. The molecule has 1 unspecified atom stereocenters. The van der Waals surface area contributed by atoms with E-state index in [1.54, 1.807) is 31.2 Å². The van der Waals surface area contributed by atoms with Crippen LogP contribution in [0.5, 0.6) is 0 Å². The second kappa shape index (κ2) is 5.68. The van der Waals surface area contributed by atoms with Crippen molar-refractivity contribution in [1.29, 1.82) is 0 Å². The summed E-state index contributed by atoms with van der Waals surface area (Å²) in [4.78, 5) is 23.2. The van der Waals surface area contributed by atoms with E-state index in [-0.39, 0.29) is 5.88 Å². The Hall–Kier alpha value is -1.55. The van der Waals surface area contributed by atoms with Gasteiger partial charge in [-0.05, 0) is 12.5 Å². The predicted molar refractivity (Wildman–Crippen MR) is 64.7 cm³/mol. The summed E-state index contributed by atoms with van der Waals surface area (Å²) in [7, 11) is 1.27. The van der Waals surface area contributed by atoms with Crippen LogP contribution < -0.4 is 5.32 Å². The Morgan fingerprint density at radius 2 is 1.94 bits per heavy atom. The fourth-order valence-corrected chi connectivity index (χ4v) is 1.60. The van der Waals surface area contributed by atoms with Gasteiger partial charge in [-0.2, -0.15) is 0 Å². The van der Waals surface area contributed by atoms with Gasteiger partial charge in [0.2, 0.25) is 5.91 Å². The fraction of sp³-hybridized carbons (Fsp3) is 0.333. The molecule has 17 heavy (non-hydrogen) atoms. The molecule has 4 nitrogen and oxygen atoms in total. The summed E-state index contributed by atoms with van der Waals surface area (Å²) >= 11 is 5.43. The van der Waals surface area contributed by atoms with Crippen LogP contribution >= 0.6 is 11.6 Å². The molecule has 0 aromatic heterocycles. The number of esters is 1. The molecule has 0 heterocycles. The van der Waals surface area contributed by atoms with Crippen LogP contribution in [0.4, 0.5) is 0 Å². The molecule has 1 amide bonds. The molecule has 0 bridgehead atoms. The fourth-order valence-electron chi connectivity index (χ4n) is 1.53. The Kier molecular flexibility index (Phi) is 4.52. The summed E-state index contributed by atoms with van der Waals surface area (Å²) in [5, 5.41) is 2.56. The first-order valence-corrected chi connectivity index (χ1v) is 5.59. The number of rotatable bonds is 4. The Morgan fingerprint density at radius 1 is 1.35 bits per heavy atom. The lowest BCUT2D eigenvalue weighted by Crippen LogP contribution is -2.50. The molecular weight excluding hydrogens is 242 g/mol. The van der Waals surface area contributed by atoms with E-state index in [9.17, 15) is 9.59 Å². The molecule has 0 aliphatic rings. The zero-order valence-corrected chi connectivity index (χ0v) is 10.5. The standard InChI is InChI=1S/C12H14ClNO3/c1-12(11(16)17-2,14-10(15)8-13)9-6-4-3-5-7-9/h3-7H,8H2,1-2H3,(H,14,15). The normalized spacial score (nSPS) is 13.6. The van der Waals surface area contributed by atoms with E-state index in [1.165, 1.54) is 7.11 Å². The smallest absolute Gasteiger partial charge is 0.336 e. The summed E-state index contributed by atoms with van der Waals surface area (Å²) in [5.41, 5.74) is -0.576. The summed E-state index contributed by atoms with van der Waals surface area (Å²) in [6.07, 6.45) is 0. The number of halogens is 1. The van der Waals surface area contributed by atoms with Crippen molar-refractivity contribution in [2.45, 2.75) is 12.5 Å². The van der Waals surface area contributed by atoms with Gasteiger partial charge in [-0.15, -0.1) is 11.6 Å². The van der Waals surface area contributed by atoms with Gasteiger partial charge in [-0.3, -0.25) is 4.79 Å². The highest BCUT2D eigenvalue weighted by molar-refractivity contribution is 6.27. The third-order valence-corrected chi connectivity index (χ3v) is 2.70. The minimum Gasteiger partial charge on any atom is -0.467 e. The van der Waals surface area contributed by atoms with Gasteiger partial charge < -0.3 is 10.1 Å². The first kappa shape index (κ1) is 13.5. The highest BCUT2D eigenvalue weighted by Gasteiger charge is 2.37. The van der Waals surface area contributed by atoms with Crippen LogP contribution in [-0.2, 0) is 19.9 Å². The van der Waals surface area contributed by atoms with E-state index in [2.05, 4.69) is 5.32 Å². The number of benzene rings is 1. The summed E-state index contributed by atoms with van der Waals surface area (Å²) in [6.45, 7) is 1.58. The first-order valence-electron chi connectivity index (χ1n) is 5.05. The SMILES string of the molecule is COC(=O)C(C)(NC(=O)CCl)c1ccccc1. The molecule has 0 saturated heterocycles. The third kappa shape index (κ3) is 2.97. The van der Waals surface area contributed by atoms with Gasteiger partial charge in [0.25, 0.3) is 0 Å². The van der Waals surface area contributed by atoms with Crippen molar-refractivity contribution in [1.82, 2.24) is 5.32 Å². The number of methoxy groups -OCH3 is 1. The largest absolute Gasteiger partial charge is 0.467 e. The van der Waals surface area contributed by atoms with Crippen LogP contribution in [0.1, 0.15) is 12.5 Å². The molecule has 92 valence electrons. The molecule has 0 aliphatic heterocycles. The molecule has 1 atom stereocenters. The van der Waals surface area contributed by atoms with Crippen molar-refractivity contribution < 1.29 is 14.3 Å². The lowest BCUT2D eigenvalue weighted by Gasteiger charge is -2.28. The zero-order chi connectivity index (χ0) is 12.9. The molecule has 0 spiro atoms. The summed E-state index contributed by atoms with van der Waals surface area (Å²) in [6, 6.07) is 8.87. The number of carbonyl (C=O) groups is 2. The van der Waals surface area contributed by atoms with E-state index in [1.807, 2.05) is 6.07 Å². The Balaban J connectivity index is 3.11. The Labute approximate surface area is 105 Å². The van der Waals surface area contributed by atoms with E-state index >= 15 is 0 Å². The van der Waals surface area contributed by atoms with Crippen LogP contribution in [0, 0.1) is 0 Å². The Morgan fingerprint density at radius 3 is 2.41 bits per heavy atom. The molecule has 1 aromatic rings. The van der Waals surface area contributed by atoms with Crippen LogP contribution in [-0.4, -0.2) is 24.9 Å². The minimum atomic E-state index is -1.22.